The van der Waals surface area contributed by atoms with E-state index < -0.39 is 0 Å². The van der Waals surface area contributed by atoms with Gasteiger partial charge >= 0.3 is 6.09 Å². The molecule has 1 aromatic rings. The highest BCUT2D eigenvalue weighted by atomic mass is 16.6. The Hall–Kier alpha value is -1.55. The van der Waals surface area contributed by atoms with Gasteiger partial charge in [0.1, 0.15) is 5.60 Å². The number of carbonyl (C=O) groups excluding carboxylic acids is 1. The summed E-state index contributed by atoms with van der Waals surface area (Å²) in [6.45, 7) is 6.68. The Morgan fingerprint density at radius 1 is 1.47 bits per heavy atom. The molecule has 1 aromatic carbocycles. The van der Waals surface area contributed by atoms with Crippen LogP contribution in [0.25, 0.3) is 0 Å². The standard InChI is InChI=1S/C15H20N2O2/c1-11-4-3-5-13(8-11)17-10-15(2,19-14(17)18)12-6-7-16-9-12/h3-5,8,12,16H,6-7,9-10H2,1-2H3. The van der Waals surface area contributed by atoms with E-state index in [1.807, 2.05) is 31.2 Å². The fraction of sp³-hybridized carbons (Fsp3) is 0.533. The molecule has 0 aromatic heterocycles. The third-order valence-electron chi connectivity index (χ3n) is 4.25. The smallest absolute Gasteiger partial charge is 0.415 e. The van der Waals surface area contributed by atoms with Gasteiger partial charge in [-0.1, -0.05) is 12.1 Å². The van der Waals surface area contributed by atoms with Crippen LogP contribution in [0.5, 0.6) is 0 Å². The molecule has 2 aliphatic heterocycles. The van der Waals surface area contributed by atoms with Crippen molar-refractivity contribution in [2.75, 3.05) is 24.5 Å². The molecule has 1 amide bonds. The maximum atomic E-state index is 12.1. The summed E-state index contributed by atoms with van der Waals surface area (Å²) in [5, 5.41) is 3.34. The SMILES string of the molecule is Cc1cccc(N2CC(C)(C3CCNC3)OC2=O)c1. The fourth-order valence-electron chi connectivity index (χ4n) is 3.05. The van der Waals surface area contributed by atoms with Crippen LogP contribution in [0, 0.1) is 12.8 Å². The molecule has 0 spiro atoms. The van der Waals surface area contributed by atoms with E-state index in [2.05, 4.69) is 12.2 Å². The summed E-state index contributed by atoms with van der Waals surface area (Å²) < 4.78 is 5.69. The number of benzene rings is 1. The number of aryl methyl sites for hydroxylation is 1. The lowest BCUT2D eigenvalue weighted by Gasteiger charge is -2.28. The zero-order valence-corrected chi connectivity index (χ0v) is 11.5. The average Bonchev–Trinajstić information content (AvgIpc) is 2.98. The van der Waals surface area contributed by atoms with Gasteiger partial charge in [-0.2, -0.15) is 0 Å². The van der Waals surface area contributed by atoms with Crippen molar-refractivity contribution in [3.05, 3.63) is 29.8 Å². The minimum Gasteiger partial charge on any atom is -0.441 e. The summed E-state index contributed by atoms with van der Waals surface area (Å²) in [6.07, 6.45) is 0.853. The first-order valence-corrected chi connectivity index (χ1v) is 6.86. The van der Waals surface area contributed by atoms with Crippen LogP contribution < -0.4 is 10.2 Å². The Labute approximate surface area is 113 Å². The molecule has 4 nitrogen and oxygen atoms in total. The highest BCUT2D eigenvalue weighted by Gasteiger charge is 2.48. The number of nitrogens with one attached hydrogen (secondary N) is 1. The molecular weight excluding hydrogens is 240 g/mol. The van der Waals surface area contributed by atoms with Crippen molar-refractivity contribution in [1.82, 2.24) is 5.32 Å². The number of hydrogen-bond donors (Lipinski definition) is 1. The number of ether oxygens (including phenoxy) is 1. The lowest BCUT2D eigenvalue weighted by atomic mass is 9.88. The van der Waals surface area contributed by atoms with Crippen molar-refractivity contribution in [2.45, 2.75) is 25.9 Å². The first-order valence-electron chi connectivity index (χ1n) is 6.86. The van der Waals surface area contributed by atoms with E-state index >= 15 is 0 Å². The molecule has 2 atom stereocenters. The predicted molar refractivity (Wildman–Crippen MR) is 74.4 cm³/mol. The second-order valence-corrected chi connectivity index (χ2v) is 5.80. The average molecular weight is 260 g/mol. The maximum absolute atomic E-state index is 12.1. The van der Waals surface area contributed by atoms with Gasteiger partial charge in [-0.05, 0) is 44.5 Å². The number of amides is 1. The van der Waals surface area contributed by atoms with Gasteiger partial charge in [0.2, 0.25) is 0 Å². The van der Waals surface area contributed by atoms with Crippen LogP contribution in [0.4, 0.5) is 10.5 Å². The van der Waals surface area contributed by atoms with Gasteiger partial charge in [0.05, 0.1) is 6.54 Å². The normalized spacial score (nSPS) is 30.7. The van der Waals surface area contributed by atoms with Gasteiger partial charge in [-0.15, -0.1) is 0 Å². The largest absolute Gasteiger partial charge is 0.441 e. The minimum atomic E-state index is -0.371. The molecule has 1 N–H and O–H groups in total. The molecule has 2 aliphatic rings. The van der Waals surface area contributed by atoms with Crippen LogP contribution in [0.2, 0.25) is 0 Å². The van der Waals surface area contributed by atoms with E-state index in [0.717, 1.165) is 30.8 Å². The highest BCUT2D eigenvalue weighted by Crippen LogP contribution is 2.35. The molecule has 2 unspecified atom stereocenters. The second-order valence-electron chi connectivity index (χ2n) is 5.80. The van der Waals surface area contributed by atoms with E-state index in [1.54, 1.807) is 4.90 Å². The summed E-state index contributed by atoms with van der Waals surface area (Å²) in [7, 11) is 0. The molecule has 0 saturated carbocycles. The van der Waals surface area contributed by atoms with Crippen molar-refractivity contribution in [2.24, 2.45) is 5.92 Å². The van der Waals surface area contributed by atoms with Crippen molar-refractivity contribution >= 4 is 11.8 Å². The summed E-state index contributed by atoms with van der Waals surface area (Å²) in [6, 6.07) is 8.00. The first-order chi connectivity index (χ1) is 9.08. The van der Waals surface area contributed by atoms with Crippen molar-refractivity contribution in [3.63, 3.8) is 0 Å². The lowest BCUT2D eigenvalue weighted by molar-refractivity contribution is 0.0287. The molecule has 2 saturated heterocycles. The molecule has 0 aliphatic carbocycles. The van der Waals surface area contributed by atoms with Gasteiger partial charge in [0, 0.05) is 18.2 Å². The Balaban J connectivity index is 1.83. The van der Waals surface area contributed by atoms with Gasteiger partial charge in [-0.3, -0.25) is 4.90 Å². The van der Waals surface area contributed by atoms with Crippen LogP contribution in [0.1, 0.15) is 18.9 Å². The van der Waals surface area contributed by atoms with E-state index in [1.165, 1.54) is 0 Å². The number of carbonyl (C=O) groups is 1. The van der Waals surface area contributed by atoms with E-state index in [-0.39, 0.29) is 11.7 Å². The third-order valence-corrected chi connectivity index (χ3v) is 4.25. The Kier molecular flexibility index (Phi) is 2.97. The van der Waals surface area contributed by atoms with Crippen LogP contribution in [-0.4, -0.2) is 31.3 Å². The Morgan fingerprint density at radius 2 is 2.32 bits per heavy atom. The van der Waals surface area contributed by atoms with Crippen LogP contribution in [-0.2, 0) is 4.74 Å². The number of rotatable bonds is 2. The second kappa shape index (κ2) is 4.53. The minimum absolute atomic E-state index is 0.222. The number of nitrogens with zero attached hydrogens (tertiary/aromatic N) is 1. The van der Waals surface area contributed by atoms with Gasteiger partial charge in [0.25, 0.3) is 0 Å². The van der Waals surface area contributed by atoms with E-state index in [4.69, 9.17) is 4.74 Å². The summed E-state index contributed by atoms with van der Waals surface area (Å²) in [5.41, 5.74) is 1.71. The highest BCUT2D eigenvalue weighted by molar-refractivity contribution is 5.90. The third kappa shape index (κ3) is 2.21. The van der Waals surface area contributed by atoms with E-state index in [0.29, 0.717) is 12.5 Å². The van der Waals surface area contributed by atoms with Crippen molar-refractivity contribution in [1.29, 1.82) is 0 Å². The molecule has 3 rings (SSSR count). The Morgan fingerprint density at radius 3 is 3.00 bits per heavy atom. The predicted octanol–water partition coefficient (Wildman–Crippen LogP) is 2.32. The summed E-state index contributed by atoms with van der Waals surface area (Å²) in [4.78, 5) is 13.9. The fourth-order valence-corrected chi connectivity index (χ4v) is 3.05. The molecule has 0 radical (unpaired) electrons. The number of cyclic esters (lactones) is 1. The topological polar surface area (TPSA) is 41.6 Å². The molecule has 2 heterocycles. The molecular formula is C15H20N2O2. The Bertz CT molecular complexity index is 497. The van der Waals surface area contributed by atoms with Crippen LogP contribution in [0.15, 0.2) is 24.3 Å². The maximum Gasteiger partial charge on any atom is 0.415 e. The number of hydrogen-bond acceptors (Lipinski definition) is 3. The van der Waals surface area contributed by atoms with Crippen molar-refractivity contribution in [3.8, 4) is 0 Å². The zero-order valence-electron chi connectivity index (χ0n) is 11.5. The zero-order chi connectivity index (χ0) is 13.5. The summed E-state index contributed by atoms with van der Waals surface area (Å²) in [5.74, 6) is 0.409. The molecule has 19 heavy (non-hydrogen) atoms. The van der Waals surface area contributed by atoms with Gasteiger partial charge in [0.15, 0.2) is 0 Å². The van der Waals surface area contributed by atoms with Gasteiger partial charge < -0.3 is 10.1 Å². The number of anilines is 1. The van der Waals surface area contributed by atoms with Crippen molar-refractivity contribution < 1.29 is 9.53 Å². The van der Waals surface area contributed by atoms with Gasteiger partial charge in [-0.25, -0.2) is 4.79 Å². The molecule has 4 heteroatoms. The van der Waals surface area contributed by atoms with E-state index in [9.17, 15) is 4.79 Å². The molecule has 0 bridgehead atoms. The monoisotopic (exact) mass is 260 g/mol. The lowest BCUT2D eigenvalue weighted by Crippen LogP contribution is -2.40. The summed E-state index contributed by atoms with van der Waals surface area (Å²) >= 11 is 0. The quantitative estimate of drug-likeness (QED) is 0.887. The van der Waals surface area contributed by atoms with Crippen LogP contribution >= 0.6 is 0 Å². The molecule has 102 valence electrons. The van der Waals surface area contributed by atoms with Crippen LogP contribution in [0.3, 0.4) is 0 Å². The molecule has 2 fully saturated rings. The first kappa shape index (κ1) is 12.5.